The molecule has 0 aliphatic rings. The molecule has 5 heteroatoms. The van der Waals surface area contributed by atoms with Crippen molar-refractivity contribution in [3.63, 3.8) is 0 Å². The SMILES string of the molecule is CCCCCCOC(=O)C(O)CC[S+](C)[O-]. The average molecular weight is 250 g/mol. The Bertz CT molecular complexity index is 185. The van der Waals surface area contributed by atoms with E-state index >= 15 is 0 Å². The second-order valence-electron chi connectivity index (χ2n) is 3.81. The van der Waals surface area contributed by atoms with Gasteiger partial charge in [-0.1, -0.05) is 37.4 Å². The minimum Gasteiger partial charge on any atom is -0.617 e. The molecule has 16 heavy (non-hydrogen) atoms. The van der Waals surface area contributed by atoms with Crippen molar-refractivity contribution in [2.75, 3.05) is 18.6 Å². The molecule has 1 N–H and O–H groups in total. The number of rotatable bonds is 9. The molecule has 0 amide bonds. The Balaban J connectivity index is 3.47. The van der Waals surface area contributed by atoms with Crippen molar-refractivity contribution >= 4 is 17.1 Å². The van der Waals surface area contributed by atoms with E-state index in [1.165, 1.54) is 0 Å². The van der Waals surface area contributed by atoms with Gasteiger partial charge in [0.2, 0.25) is 0 Å². The van der Waals surface area contributed by atoms with Crippen molar-refractivity contribution in [3.05, 3.63) is 0 Å². The number of esters is 1. The summed E-state index contributed by atoms with van der Waals surface area (Å²) >= 11 is -0.980. The van der Waals surface area contributed by atoms with E-state index in [-0.39, 0.29) is 6.42 Å². The van der Waals surface area contributed by atoms with E-state index in [4.69, 9.17) is 4.74 Å². The first kappa shape index (κ1) is 15.7. The number of hydrogen-bond donors (Lipinski definition) is 1. The van der Waals surface area contributed by atoms with Crippen LogP contribution in [0.3, 0.4) is 0 Å². The molecule has 0 aromatic rings. The molecule has 0 aromatic carbocycles. The molecule has 2 unspecified atom stereocenters. The Labute approximate surface area is 101 Å². The summed E-state index contributed by atoms with van der Waals surface area (Å²) in [6.07, 6.45) is 4.77. The van der Waals surface area contributed by atoms with E-state index in [9.17, 15) is 14.5 Å². The molecule has 0 aromatic heterocycles. The normalized spacial score (nSPS) is 14.5. The highest BCUT2D eigenvalue weighted by Crippen LogP contribution is 2.02. The highest BCUT2D eigenvalue weighted by molar-refractivity contribution is 7.90. The van der Waals surface area contributed by atoms with Gasteiger partial charge < -0.3 is 14.4 Å². The third kappa shape index (κ3) is 9.00. The number of aliphatic hydroxyl groups is 1. The van der Waals surface area contributed by atoms with Gasteiger partial charge >= 0.3 is 5.97 Å². The zero-order chi connectivity index (χ0) is 12.4. The maximum atomic E-state index is 11.2. The average Bonchev–Trinajstić information content (AvgIpc) is 2.25. The fourth-order valence-corrected chi connectivity index (χ4v) is 1.75. The Hall–Kier alpha value is -0.260. The second kappa shape index (κ2) is 9.93. The van der Waals surface area contributed by atoms with E-state index in [0.29, 0.717) is 12.4 Å². The molecular formula is C11H22O4S. The van der Waals surface area contributed by atoms with Gasteiger partial charge in [0, 0.05) is 6.42 Å². The quantitative estimate of drug-likeness (QED) is 0.380. The maximum Gasteiger partial charge on any atom is 0.335 e. The lowest BCUT2D eigenvalue weighted by atomic mass is 10.2. The highest BCUT2D eigenvalue weighted by Gasteiger charge is 2.17. The van der Waals surface area contributed by atoms with Gasteiger partial charge in [0.05, 0.1) is 12.9 Å². The number of hydrogen-bond acceptors (Lipinski definition) is 4. The van der Waals surface area contributed by atoms with Crippen LogP contribution in [-0.4, -0.2) is 40.3 Å². The van der Waals surface area contributed by atoms with Gasteiger partial charge in [-0.3, -0.25) is 0 Å². The van der Waals surface area contributed by atoms with E-state index in [0.717, 1.165) is 25.7 Å². The standard InChI is InChI=1S/C11H22O4S/c1-3-4-5-6-8-15-11(13)10(12)7-9-16(2)14/h10,12H,3-9H2,1-2H3. The third-order valence-electron chi connectivity index (χ3n) is 2.19. The molecule has 0 fully saturated rings. The molecule has 0 heterocycles. The summed E-state index contributed by atoms with van der Waals surface area (Å²) in [5, 5.41) is 9.36. The molecule has 0 aliphatic carbocycles. The molecule has 2 atom stereocenters. The smallest absolute Gasteiger partial charge is 0.335 e. The van der Waals surface area contributed by atoms with Crippen LogP contribution >= 0.6 is 0 Å². The van der Waals surface area contributed by atoms with Crippen LogP contribution < -0.4 is 0 Å². The summed E-state index contributed by atoms with van der Waals surface area (Å²) in [7, 11) is 0. The summed E-state index contributed by atoms with van der Waals surface area (Å²) in [5.41, 5.74) is 0. The fraction of sp³-hybridized carbons (Fsp3) is 0.909. The number of aliphatic hydroxyl groups excluding tert-OH is 1. The summed E-state index contributed by atoms with van der Waals surface area (Å²) < 4.78 is 15.6. The number of ether oxygens (including phenoxy) is 1. The first-order valence-corrected chi connectivity index (χ1v) is 7.45. The monoisotopic (exact) mass is 250 g/mol. The lowest BCUT2D eigenvalue weighted by Gasteiger charge is -2.11. The van der Waals surface area contributed by atoms with Gasteiger partial charge in [0.25, 0.3) is 0 Å². The van der Waals surface area contributed by atoms with Crippen LogP contribution in [0.15, 0.2) is 0 Å². The Kier molecular flexibility index (Phi) is 9.77. The number of carbonyl (C=O) groups is 1. The molecule has 4 nitrogen and oxygen atoms in total. The van der Waals surface area contributed by atoms with E-state index in [2.05, 4.69) is 6.92 Å². The summed E-state index contributed by atoms with van der Waals surface area (Å²) in [4.78, 5) is 11.2. The summed E-state index contributed by atoms with van der Waals surface area (Å²) in [5.74, 6) is -0.270. The van der Waals surface area contributed by atoms with Crippen LogP contribution in [0.1, 0.15) is 39.0 Å². The van der Waals surface area contributed by atoms with Crippen LogP contribution in [0, 0.1) is 0 Å². The van der Waals surface area contributed by atoms with E-state index in [1.807, 2.05) is 0 Å². The van der Waals surface area contributed by atoms with Gasteiger partial charge in [0.15, 0.2) is 6.10 Å². The van der Waals surface area contributed by atoms with Crippen LogP contribution in [0.25, 0.3) is 0 Å². The van der Waals surface area contributed by atoms with Crippen LogP contribution in [-0.2, 0) is 20.7 Å². The maximum absolute atomic E-state index is 11.2. The largest absolute Gasteiger partial charge is 0.617 e. The Morgan fingerprint density at radius 3 is 2.69 bits per heavy atom. The second-order valence-corrected chi connectivity index (χ2v) is 5.36. The number of unbranched alkanes of at least 4 members (excludes halogenated alkanes) is 3. The summed E-state index contributed by atoms with van der Waals surface area (Å²) in [6.45, 7) is 2.48. The first-order chi connectivity index (χ1) is 7.57. The van der Waals surface area contributed by atoms with E-state index in [1.54, 1.807) is 6.26 Å². The third-order valence-corrected chi connectivity index (χ3v) is 3.00. The van der Waals surface area contributed by atoms with Gasteiger partial charge in [-0.25, -0.2) is 4.79 Å². The Morgan fingerprint density at radius 2 is 2.12 bits per heavy atom. The van der Waals surface area contributed by atoms with Crippen molar-refractivity contribution in [3.8, 4) is 0 Å². The molecule has 0 saturated carbocycles. The zero-order valence-corrected chi connectivity index (χ0v) is 10.9. The van der Waals surface area contributed by atoms with Gasteiger partial charge in [-0.05, 0) is 6.42 Å². The topological polar surface area (TPSA) is 69.6 Å². The van der Waals surface area contributed by atoms with Crippen molar-refractivity contribution in [1.82, 2.24) is 0 Å². The van der Waals surface area contributed by atoms with Crippen molar-refractivity contribution in [2.24, 2.45) is 0 Å². The van der Waals surface area contributed by atoms with Crippen molar-refractivity contribution < 1.29 is 19.2 Å². The van der Waals surface area contributed by atoms with Crippen molar-refractivity contribution in [1.29, 1.82) is 0 Å². The highest BCUT2D eigenvalue weighted by atomic mass is 32.2. The minimum absolute atomic E-state index is 0.205. The van der Waals surface area contributed by atoms with E-state index < -0.39 is 23.2 Å². The van der Waals surface area contributed by atoms with Crippen LogP contribution in [0.2, 0.25) is 0 Å². The molecule has 0 rings (SSSR count). The fourth-order valence-electron chi connectivity index (χ4n) is 1.19. The Morgan fingerprint density at radius 1 is 1.44 bits per heavy atom. The van der Waals surface area contributed by atoms with Gasteiger partial charge in [-0.2, -0.15) is 0 Å². The molecule has 0 aliphatic heterocycles. The zero-order valence-electron chi connectivity index (χ0n) is 10.1. The molecule has 96 valence electrons. The summed E-state index contributed by atoms with van der Waals surface area (Å²) in [6, 6.07) is 0. The van der Waals surface area contributed by atoms with Gasteiger partial charge in [0.1, 0.15) is 5.75 Å². The predicted molar refractivity (Wildman–Crippen MR) is 64.7 cm³/mol. The molecule has 0 spiro atoms. The minimum atomic E-state index is -1.13. The predicted octanol–water partition coefficient (Wildman–Crippen LogP) is 1.24. The number of carbonyl (C=O) groups excluding carboxylic acids is 1. The first-order valence-electron chi connectivity index (χ1n) is 5.72. The molecule has 0 saturated heterocycles. The molecule has 0 radical (unpaired) electrons. The van der Waals surface area contributed by atoms with Crippen LogP contribution in [0.4, 0.5) is 0 Å². The van der Waals surface area contributed by atoms with Crippen LogP contribution in [0.5, 0.6) is 0 Å². The van der Waals surface area contributed by atoms with Crippen molar-refractivity contribution in [2.45, 2.75) is 45.1 Å². The lowest BCUT2D eigenvalue weighted by Crippen LogP contribution is -2.26. The molecule has 0 bridgehead atoms. The lowest BCUT2D eigenvalue weighted by molar-refractivity contribution is -0.153. The molecular weight excluding hydrogens is 228 g/mol. The van der Waals surface area contributed by atoms with Gasteiger partial charge in [-0.15, -0.1) is 0 Å².